The van der Waals surface area contributed by atoms with Gasteiger partial charge in [-0.3, -0.25) is 0 Å². The summed E-state index contributed by atoms with van der Waals surface area (Å²) in [4.78, 5) is 24.9. The van der Waals surface area contributed by atoms with E-state index in [2.05, 4.69) is 27.1 Å². The zero-order valence-electron chi connectivity index (χ0n) is 16.2. The normalized spacial score (nSPS) is 14.1. The van der Waals surface area contributed by atoms with Crippen molar-refractivity contribution in [2.75, 3.05) is 50.6 Å². The maximum Gasteiger partial charge on any atom is 0.321 e. The van der Waals surface area contributed by atoms with Crippen LogP contribution in [-0.2, 0) is 0 Å². The first-order valence-corrected chi connectivity index (χ1v) is 8.85. The van der Waals surface area contributed by atoms with Gasteiger partial charge in [-0.15, -0.1) is 0 Å². The highest BCUT2D eigenvalue weighted by Crippen LogP contribution is 2.22. The lowest BCUT2D eigenvalue weighted by Gasteiger charge is -2.35. The van der Waals surface area contributed by atoms with E-state index in [1.54, 1.807) is 18.1 Å². The van der Waals surface area contributed by atoms with E-state index in [1.165, 1.54) is 12.7 Å². The van der Waals surface area contributed by atoms with Crippen molar-refractivity contribution < 1.29 is 14.3 Å². The zero-order chi connectivity index (χ0) is 19.4. The third kappa shape index (κ3) is 4.39. The largest absolute Gasteiger partial charge is 0.481 e. The molecule has 0 atom stereocenters. The van der Waals surface area contributed by atoms with Crippen LogP contribution in [0.5, 0.6) is 11.9 Å². The fourth-order valence-electron chi connectivity index (χ4n) is 2.91. The molecule has 1 aliphatic heterocycles. The number of amides is 2. The van der Waals surface area contributed by atoms with Crippen molar-refractivity contribution in [3.63, 3.8) is 0 Å². The van der Waals surface area contributed by atoms with Crippen LogP contribution in [-0.4, -0.2) is 61.3 Å². The van der Waals surface area contributed by atoms with Crippen molar-refractivity contribution >= 4 is 17.5 Å². The summed E-state index contributed by atoms with van der Waals surface area (Å²) in [5.41, 5.74) is 3.18. The van der Waals surface area contributed by atoms with Gasteiger partial charge in [0.2, 0.25) is 5.88 Å². The highest BCUT2D eigenvalue weighted by Gasteiger charge is 2.23. The number of hydrogen-bond acceptors (Lipinski definition) is 6. The molecule has 1 aromatic carbocycles. The molecule has 8 heteroatoms. The SMILES string of the molecule is COc1cc(N2CCN(C(=O)Nc3ccc(C)c(C)c3)CC2)nc(OC)n1. The van der Waals surface area contributed by atoms with E-state index in [0.29, 0.717) is 32.1 Å². The first kappa shape index (κ1) is 18.8. The van der Waals surface area contributed by atoms with Crippen LogP contribution in [0.4, 0.5) is 16.3 Å². The third-order valence-corrected chi connectivity index (χ3v) is 4.71. The molecule has 2 amide bonds. The fourth-order valence-corrected chi connectivity index (χ4v) is 2.91. The Morgan fingerprint density at radius 3 is 2.37 bits per heavy atom. The van der Waals surface area contributed by atoms with E-state index in [9.17, 15) is 4.79 Å². The quantitative estimate of drug-likeness (QED) is 0.889. The summed E-state index contributed by atoms with van der Waals surface area (Å²) >= 11 is 0. The van der Waals surface area contributed by atoms with E-state index >= 15 is 0 Å². The zero-order valence-corrected chi connectivity index (χ0v) is 16.2. The number of nitrogens with zero attached hydrogens (tertiary/aromatic N) is 4. The summed E-state index contributed by atoms with van der Waals surface area (Å²) in [6, 6.07) is 7.88. The summed E-state index contributed by atoms with van der Waals surface area (Å²) in [6.45, 7) is 6.63. The maximum absolute atomic E-state index is 12.5. The topological polar surface area (TPSA) is 79.8 Å². The minimum atomic E-state index is -0.0873. The van der Waals surface area contributed by atoms with Gasteiger partial charge in [-0.2, -0.15) is 9.97 Å². The minimum Gasteiger partial charge on any atom is -0.481 e. The van der Waals surface area contributed by atoms with Gasteiger partial charge in [0.25, 0.3) is 0 Å². The average Bonchev–Trinajstić information content (AvgIpc) is 2.70. The van der Waals surface area contributed by atoms with Crippen LogP contribution in [0.15, 0.2) is 24.3 Å². The monoisotopic (exact) mass is 371 g/mol. The van der Waals surface area contributed by atoms with Gasteiger partial charge in [-0.1, -0.05) is 6.07 Å². The van der Waals surface area contributed by atoms with Gasteiger partial charge in [0, 0.05) is 37.9 Å². The van der Waals surface area contributed by atoms with Gasteiger partial charge >= 0.3 is 12.0 Å². The smallest absolute Gasteiger partial charge is 0.321 e. The number of aryl methyl sites for hydroxylation is 2. The Labute approximate surface area is 159 Å². The molecule has 1 N–H and O–H groups in total. The second-order valence-corrected chi connectivity index (χ2v) is 6.46. The van der Waals surface area contributed by atoms with E-state index in [0.717, 1.165) is 17.1 Å². The number of hydrogen-bond donors (Lipinski definition) is 1. The maximum atomic E-state index is 12.5. The molecule has 27 heavy (non-hydrogen) atoms. The Morgan fingerprint density at radius 1 is 1.00 bits per heavy atom. The molecule has 0 spiro atoms. The Bertz CT molecular complexity index is 797. The van der Waals surface area contributed by atoms with Crippen molar-refractivity contribution in [1.29, 1.82) is 0 Å². The van der Waals surface area contributed by atoms with Crippen LogP contribution >= 0.6 is 0 Å². The van der Waals surface area contributed by atoms with Crippen LogP contribution in [0.2, 0.25) is 0 Å². The molecule has 1 saturated heterocycles. The summed E-state index contributed by atoms with van der Waals surface area (Å²) < 4.78 is 10.3. The summed E-state index contributed by atoms with van der Waals surface area (Å²) in [7, 11) is 3.08. The van der Waals surface area contributed by atoms with Crippen LogP contribution < -0.4 is 19.7 Å². The molecule has 2 aromatic rings. The molecule has 0 bridgehead atoms. The predicted octanol–water partition coefficient (Wildman–Crippen LogP) is 2.46. The van der Waals surface area contributed by atoms with Gasteiger partial charge < -0.3 is 24.6 Å². The number of carbonyl (C=O) groups excluding carboxylic acids is 1. The third-order valence-electron chi connectivity index (χ3n) is 4.71. The van der Waals surface area contributed by atoms with Crippen molar-refractivity contribution in [1.82, 2.24) is 14.9 Å². The number of piperazine rings is 1. The number of carbonyl (C=O) groups is 1. The highest BCUT2D eigenvalue weighted by molar-refractivity contribution is 5.89. The van der Waals surface area contributed by atoms with Gasteiger partial charge in [0.05, 0.1) is 14.2 Å². The number of urea groups is 1. The number of nitrogens with one attached hydrogen (secondary N) is 1. The lowest BCUT2D eigenvalue weighted by molar-refractivity contribution is 0.208. The number of benzene rings is 1. The van der Waals surface area contributed by atoms with Crippen LogP contribution in [0, 0.1) is 13.8 Å². The van der Waals surface area contributed by atoms with Crippen molar-refractivity contribution in [2.24, 2.45) is 0 Å². The van der Waals surface area contributed by atoms with E-state index in [4.69, 9.17) is 9.47 Å². The number of aromatic nitrogens is 2. The Kier molecular flexibility index (Phi) is 5.63. The summed E-state index contributed by atoms with van der Waals surface area (Å²) in [5.74, 6) is 1.18. The summed E-state index contributed by atoms with van der Waals surface area (Å²) in [5, 5.41) is 2.97. The molecule has 1 aromatic heterocycles. The number of ether oxygens (including phenoxy) is 2. The molecule has 0 radical (unpaired) electrons. The molecule has 2 heterocycles. The molecule has 0 unspecified atom stereocenters. The van der Waals surface area contributed by atoms with Crippen molar-refractivity contribution in [3.8, 4) is 11.9 Å². The molecular formula is C19H25N5O3. The Morgan fingerprint density at radius 2 is 1.74 bits per heavy atom. The average molecular weight is 371 g/mol. The molecule has 8 nitrogen and oxygen atoms in total. The molecule has 1 fully saturated rings. The van der Waals surface area contributed by atoms with E-state index in [-0.39, 0.29) is 12.0 Å². The van der Waals surface area contributed by atoms with Gasteiger partial charge in [-0.25, -0.2) is 4.79 Å². The number of methoxy groups -OCH3 is 2. The Balaban J connectivity index is 1.61. The second-order valence-electron chi connectivity index (χ2n) is 6.46. The molecule has 0 saturated carbocycles. The second kappa shape index (κ2) is 8.11. The molecule has 1 aliphatic rings. The predicted molar refractivity (Wildman–Crippen MR) is 104 cm³/mol. The highest BCUT2D eigenvalue weighted by atomic mass is 16.5. The van der Waals surface area contributed by atoms with Crippen LogP contribution in [0.25, 0.3) is 0 Å². The van der Waals surface area contributed by atoms with Crippen LogP contribution in [0.3, 0.4) is 0 Å². The standard InChI is InChI=1S/C19H25N5O3/c1-13-5-6-15(11-14(13)2)20-19(25)24-9-7-23(8-10-24)16-12-17(26-3)22-18(21-16)27-4/h5-6,11-12H,7-10H2,1-4H3,(H,20,25). The van der Waals surface area contributed by atoms with Crippen molar-refractivity contribution in [3.05, 3.63) is 35.4 Å². The summed E-state index contributed by atoms with van der Waals surface area (Å²) in [6.07, 6.45) is 0. The lowest BCUT2D eigenvalue weighted by Crippen LogP contribution is -2.50. The van der Waals surface area contributed by atoms with Gasteiger partial charge in [-0.05, 0) is 37.1 Å². The molecular weight excluding hydrogens is 346 g/mol. The Hall–Kier alpha value is -3.03. The van der Waals surface area contributed by atoms with E-state index < -0.39 is 0 Å². The minimum absolute atomic E-state index is 0.0873. The fraction of sp³-hybridized carbons (Fsp3) is 0.421. The molecule has 3 rings (SSSR count). The lowest BCUT2D eigenvalue weighted by atomic mass is 10.1. The van der Waals surface area contributed by atoms with Gasteiger partial charge in [0.15, 0.2) is 0 Å². The van der Waals surface area contributed by atoms with Crippen molar-refractivity contribution in [2.45, 2.75) is 13.8 Å². The molecule has 144 valence electrons. The van der Waals surface area contributed by atoms with Gasteiger partial charge in [0.1, 0.15) is 5.82 Å². The number of rotatable bonds is 4. The first-order valence-electron chi connectivity index (χ1n) is 8.85. The molecule has 0 aliphatic carbocycles. The van der Waals surface area contributed by atoms with E-state index in [1.807, 2.05) is 25.1 Å². The van der Waals surface area contributed by atoms with Crippen LogP contribution in [0.1, 0.15) is 11.1 Å². The number of anilines is 2. The first-order chi connectivity index (χ1) is 13.0.